The Balaban J connectivity index is 2.11. The quantitative estimate of drug-likeness (QED) is 0.654. The molecule has 2 rings (SSSR count). The van der Waals surface area contributed by atoms with E-state index >= 15 is 0 Å². The van der Waals surface area contributed by atoms with Crippen molar-refractivity contribution in [2.75, 3.05) is 0 Å². The molecule has 0 bridgehead atoms. The lowest BCUT2D eigenvalue weighted by molar-refractivity contribution is -0.121. The maximum Gasteiger partial charge on any atom is 0.162 e. The summed E-state index contributed by atoms with van der Waals surface area (Å²) in [7, 11) is 0. The summed E-state index contributed by atoms with van der Waals surface area (Å²) < 4.78 is 0. The lowest BCUT2D eigenvalue weighted by Gasteiger charge is -2.26. The van der Waals surface area contributed by atoms with Gasteiger partial charge >= 0.3 is 0 Å². The molecule has 2 aliphatic carbocycles. The molecule has 0 saturated heterocycles. The van der Waals surface area contributed by atoms with Crippen LogP contribution in [0.5, 0.6) is 0 Å². The number of carbonyl (C=O) groups is 1. The molecule has 0 aromatic heterocycles. The monoisotopic (exact) mass is 192 g/mol. The molecule has 14 heavy (non-hydrogen) atoms. The van der Waals surface area contributed by atoms with Crippen LogP contribution < -0.4 is 0 Å². The summed E-state index contributed by atoms with van der Waals surface area (Å²) in [6, 6.07) is 0. The van der Waals surface area contributed by atoms with Crippen LogP contribution >= 0.6 is 0 Å². The van der Waals surface area contributed by atoms with E-state index in [0.29, 0.717) is 11.7 Å². The Kier molecular flexibility index (Phi) is 2.50. The number of carbonyl (C=O) groups excluding carboxylic acids is 1. The molecule has 78 valence electrons. The molecule has 0 amide bonds. The van der Waals surface area contributed by atoms with Crippen molar-refractivity contribution >= 4 is 5.78 Å². The normalized spacial score (nSPS) is 30.4. The van der Waals surface area contributed by atoms with Crippen LogP contribution in [0.3, 0.4) is 0 Å². The van der Waals surface area contributed by atoms with Crippen molar-refractivity contribution in [1.82, 2.24) is 0 Å². The lowest BCUT2D eigenvalue weighted by Crippen LogP contribution is -2.26. The van der Waals surface area contributed by atoms with E-state index in [0.717, 1.165) is 24.8 Å². The van der Waals surface area contributed by atoms with Crippen molar-refractivity contribution in [3.8, 4) is 0 Å². The van der Waals surface area contributed by atoms with Crippen LogP contribution in [0.2, 0.25) is 0 Å². The van der Waals surface area contributed by atoms with Crippen molar-refractivity contribution in [3.05, 3.63) is 11.6 Å². The van der Waals surface area contributed by atoms with Crippen LogP contribution in [0.4, 0.5) is 0 Å². The van der Waals surface area contributed by atoms with Gasteiger partial charge in [0, 0.05) is 5.92 Å². The van der Waals surface area contributed by atoms with Gasteiger partial charge in [-0.3, -0.25) is 4.79 Å². The van der Waals surface area contributed by atoms with E-state index < -0.39 is 0 Å². The molecule has 1 fully saturated rings. The molecular weight excluding hydrogens is 172 g/mol. The van der Waals surface area contributed by atoms with E-state index in [1.807, 2.05) is 0 Å². The van der Waals surface area contributed by atoms with E-state index in [9.17, 15) is 4.79 Å². The van der Waals surface area contributed by atoms with Gasteiger partial charge in [0.2, 0.25) is 0 Å². The topological polar surface area (TPSA) is 17.1 Å². The number of rotatable bonds is 2. The van der Waals surface area contributed by atoms with E-state index in [1.54, 1.807) is 0 Å². The van der Waals surface area contributed by atoms with Crippen LogP contribution in [-0.4, -0.2) is 5.78 Å². The summed E-state index contributed by atoms with van der Waals surface area (Å²) in [6.45, 7) is 4.50. The average molecular weight is 192 g/mol. The zero-order chi connectivity index (χ0) is 10.2. The van der Waals surface area contributed by atoms with Gasteiger partial charge in [0.15, 0.2) is 5.78 Å². The number of ketones is 1. The van der Waals surface area contributed by atoms with Gasteiger partial charge in [-0.1, -0.05) is 26.3 Å². The second-order valence-corrected chi connectivity index (χ2v) is 5.42. The van der Waals surface area contributed by atoms with Crippen LogP contribution in [-0.2, 0) is 4.79 Å². The predicted molar refractivity (Wildman–Crippen MR) is 58.1 cm³/mol. The van der Waals surface area contributed by atoms with Crippen LogP contribution in [0.25, 0.3) is 0 Å². The second-order valence-electron chi connectivity index (χ2n) is 5.42. The Labute approximate surface area is 86.6 Å². The molecule has 0 N–H and O–H groups in total. The summed E-state index contributed by atoms with van der Waals surface area (Å²) in [5, 5.41) is 0. The summed E-state index contributed by atoms with van der Waals surface area (Å²) in [4.78, 5) is 12.2. The van der Waals surface area contributed by atoms with E-state index in [-0.39, 0.29) is 5.41 Å². The summed E-state index contributed by atoms with van der Waals surface area (Å²) in [5.74, 6) is 0.775. The molecule has 1 nitrogen and oxygen atoms in total. The highest BCUT2D eigenvalue weighted by molar-refractivity contribution is 5.98. The third kappa shape index (κ3) is 1.65. The summed E-state index contributed by atoms with van der Waals surface area (Å²) >= 11 is 0. The van der Waals surface area contributed by atoms with Crippen molar-refractivity contribution in [3.63, 3.8) is 0 Å². The Bertz CT molecular complexity index is 273. The highest BCUT2D eigenvalue weighted by atomic mass is 16.1. The fourth-order valence-electron chi connectivity index (χ4n) is 2.93. The average Bonchev–Trinajstić information content (AvgIpc) is 2.71. The number of hydrogen-bond acceptors (Lipinski definition) is 1. The third-order valence-corrected chi connectivity index (χ3v) is 3.93. The Hall–Kier alpha value is -0.590. The van der Waals surface area contributed by atoms with Crippen LogP contribution in [0.1, 0.15) is 52.4 Å². The van der Waals surface area contributed by atoms with Gasteiger partial charge in [-0.2, -0.15) is 0 Å². The van der Waals surface area contributed by atoms with Crippen molar-refractivity contribution in [2.45, 2.75) is 52.4 Å². The first-order valence-electron chi connectivity index (χ1n) is 5.84. The maximum atomic E-state index is 12.2. The first kappa shape index (κ1) is 9.95. The van der Waals surface area contributed by atoms with Crippen molar-refractivity contribution < 1.29 is 4.79 Å². The molecule has 0 aromatic rings. The Morgan fingerprint density at radius 2 is 2.21 bits per heavy atom. The molecule has 1 atom stereocenters. The number of allylic oxidation sites excluding steroid dienone is 2. The third-order valence-electron chi connectivity index (χ3n) is 3.93. The molecule has 1 heteroatoms. The van der Waals surface area contributed by atoms with Crippen molar-refractivity contribution in [1.29, 1.82) is 0 Å². The molecule has 0 aliphatic heterocycles. The summed E-state index contributed by atoms with van der Waals surface area (Å²) in [5.41, 5.74) is 1.38. The molecule has 1 saturated carbocycles. The fourth-order valence-corrected chi connectivity index (χ4v) is 2.93. The minimum atomic E-state index is 0.251. The maximum absolute atomic E-state index is 12.2. The van der Waals surface area contributed by atoms with Gasteiger partial charge in [0.25, 0.3) is 0 Å². The minimum absolute atomic E-state index is 0.251. The molecule has 0 aromatic carbocycles. The first-order valence-corrected chi connectivity index (χ1v) is 5.84. The van der Waals surface area contributed by atoms with Gasteiger partial charge in [0.05, 0.1) is 0 Å². The number of hydrogen-bond donors (Lipinski definition) is 0. The molecule has 1 unspecified atom stereocenters. The molecular formula is C13H20O. The predicted octanol–water partition coefficient (Wildman–Crippen LogP) is 3.49. The Morgan fingerprint density at radius 3 is 2.71 bits per heavy atom. The smallest absolute Gasteiger partial charge is 0.162 e. The van der Waals surface area contributed by atoms with Crippen molar-refractivity contribution in [2.24, 2.45) is 11.3 Å². The zero-order valence-electron chi connectivity index (χ0n) is 9.31. The lowest BCUT2D eigenvalue weighted by atomic mass is 9.77. The van der Waals surface area contributed by atoms with Gasteiger partial charge in [-0.25, -0.2) is 0 Å². The standard InChI is InChI=1S/C13H20O/c1-13(2)9-5-8-11(13)12(14)10-6-3-4-7-10/h6,11H,3-5,7-9H2,1-2H3. The Morgan fingerprint density at radius 1 is 1.43 bits per heavy atom. The van der Waals surface area contributed by atoms with Gasteiger partial charge < -0.3 is 0 Å². The van der Waals surface area contributed by atoms with E-state index in [2.05, 4.69) is 19.9 Å². The van der Waals surface area contributed by atoms with Gasteiger partial charge in [-0.15, -0.1) is 0 Å². The minimum Gasteiger partial charge on any atom is -0.294 e. The van der Waals surface area contributed by atoms with Gasteiger partial charge in [0.1, 0.15) is 0 Å². The summed E-state index contributed by atoms with van der Waals surface area (Å²) in [6.07, 6.45) is 9.07. The molecule has 0 spiro atoms. The molecule has 0 radical (unpaired) electrons. The molecule has 0 heterocycles. The largest absolute Gasteiger partial charge is 0.294 e. The number of Topliss-reactive ketones (excluding diaryl/α,β-unsaturated/α-hetero) is 1. The van der Waals surface area contributed by atoms with Gasteiger partial charge in [-0.05, 0) is 43.1 Å². The molecule has 2 aliphatic rings. The zero-order valence-corrected chi connectivity index (χ0v) is 9.31. The first-order chi connectivity index (χ1) is 6.61. The van der Waals surface area contributed by atoms with Crippen LogP contribution in [0.15, 0.2) is 11.6 Å². The van der Waals surface area contributed by atoms with E-state index in [1.165, 1.54) is 19.3 Å². The highest BCUT2D eigenvalue weighted by Crippen LogP contribution is 2.44. The van der Waals surface area contributed by atoms with E-state index in [4.69, 9.17) is 0 Å². The van der Waals surface area contributed by atoms with Crippen LogP contribution in [0, 0.1) is 11.3 Å². The highest BCUT2D eigenvalue weighted by Gasteiger charge is 2.40. The second kappa shape index (κ2) is 3.52. The SMILES string of the molecule is CC1(C)CCCC1C(=O)C1=CCCC1. The fraction of sp³-hybridized carbons (Fsp3) is 0.769.